The Morgan fingerprint density at radius 1 is 1.21 bits per heavy atom. The van der Waals surface area contributed by atoms with Crippen LogP contribution in [0.15, 0.2) is 42.7 Å². The van der Waals surface area contributed by atoms with Gasteiger partial charge in [-0.1, -0.05) is 18.2 Å². The predicted molar refractivity (Wildman–Crippen MR) is 78.3 cm³/mol. The molecule has 0 amide bonds. The monoisotopic (exact) mass is 336 g/mol. The number of carboxylic acids is 1. The molecule has 24 heavy (non-hydrogen) atoms. The topological polar surface area (TPSA) is 83.8 Å². The van der Waals surface area contributed by atoms with Gasteiger partial charge >= 0.3 is 12.1 Å². The highest BCUT2D eigenvalue weighted by Gasteiger charge is 2.28. The van der Waals surface area contributed by atoms with Crippen LogP contribution in [0.25, 0.3) is 22.4 Å². The van der Waals surface area contributed by atoms with Crippen molar-refractivity contribution in [1.82, 2.24) is 20.0 Å². The fourth-order valence-electron chi connectivity index (χ4n) is 2.22. The van der Waals surface area contributed by atoms with E-state index in [9.17, 15) is 18.0 Å². The number of aromatic amines is 1. The highest BCUT2D eigenvalue weighted by Crippen LogP contribution is 2.26. The largest absolute Gasteiger partial charge is 0.477 e. The van der Waals surface area contributed by atoms with Crippen LogP contribution in [0.1, 0.15) is 10.5 Å². The Kier molecular flexibility index (Phi) is 3.84. The summed E-state index contributed by atoms with van der Waals surface area (Å²) in [6.45, 7) is -1.16. The number of hydrogen-bond donors (Lipinski definition) is 2. The van der Waals surface area contributed by atoms with Gasteiger partial charge in [0.2, 0.25) is 0 Å². The van der Waals surface area contributed by atoms with Crippen LogP contribution in [-0.4, -0.2) is 37.2 Å². The Hall–Kier alpha value is -3.10. The summed E-state index contributed by atoms with van der Waals surface area (Å²) < 4.78 is 38.0. The van der Waals surface area contributed by atoms with E-state index in [0.29, 0.717) is 22.4 Å². The third kappa shape index (κ3) is 3.45. The Morgan fingerprint density at radius 2 is 1.96 bits per heavy atom. The number of aromatic carboxylic acids is 1. The lowest BCUT2D eigenvalue weighted by atomic mass is 10.0. The summed E-state index contributed by atoms with van der Waals surface area (Å²) in [6, 6.07) is 8.25. The summed E-state index contributed by atoms with van der Waals surface area (Å²) in [6.07, 6.45) is -1.69. The lowest BCUT2D eigenvalue weighted by Crippen LogP contribution is -2.17. The van der Waals surface area contributed by atoms with Gasteiger partial charge in [0.05, 0.1) is 11.9 Å². The average Bonchev–Trinajstić information content (AvgIpc) is 3.15. The Labute approximate surface area is 133 Å². The van der Waals surface area contributed by atoms with E-state index in [1.165, 1.54) is 18.5 Å². The van der Waals surface area contributed by atoms with Crippen molar-refractivity contribution in [3.05, 3.63) is 48.4 Å². The van der Waals surface area contributed by atoms with E-state index in [1.807, 2.05) is 0 Å². The molecule has 9 heteroatoms. The van der Waals surface area contributed by atoms with Gasteiger partial charge in [-0.2, -0.15) is 23.4 Å². The summed E-state index contributed by atoms with van der Waals surface area (Å²) in [5, 5.41) is 18.9. The van der Waals surface area contributed by atoms with Gasteiger partial charge in [-0.3, -0.25) is 9.78 Å². The van der Waals surface area contributed by atoms with Gasteiger partial charge < -0.3 is 5.11 Å². The van der Waals surface area contributed by atoms with Gasteiger partial charge in [0.25, 0.3) is 0 Å². The van der Waals surface area contributed by atoms with Crippen molar-refractivity contribution in [3.8, 4) is 22.4 Å². The minimum absolute atomic E-state index is 0.0478. The molecule has 0 radical (unpaired) electrons. The van der Waals surface area contributed by atoms with Crippen LogP contribution in [0.2, 0.25) is 0 Å². The first kappa shape index (κ1) is 15.8. The molecule has 0 aliphatic carbocycles. The van der Waals surface area contributed by atoms with Gasteiger partial charge in [0.15, 0.2) is 0 Å². The maximum Gasteiger partial charge on any atom is 0.408 e. The summed E-state index contributed by atoms with van der Waals surface area (Å²) >= 11 is 0. The van der Waals surface area contributed by atoms with Crippen molar-refractivity contribution in [3.63, 3.8) is 0 Å². The fourth-order valence-corrected chi connectivity index (χ4v) is 2.22. The molecule has 0 atom stereocenters. The molecule has 0 aliphatic rings. The second-order valence-electron chi connectivity index (χ2n) is 5.09. The number of carbonyl (C=O) groups is 1. The van der Waals surface area contributed by atoms with Gasteiger partial charge in [0, 0.05) is 17.3 Å². The molecule has 1 aromatic carbocycles. The molecule has 0 saturated heterocycles. The second-order valence-corrected chi connectivity index (χ2v) is 5.09. The smallest absolute Gasteiger partial charge is 0.408 e. The minimum atomic E-state index is -4.34. The number of nitrogens with one attached hydrogen (secondary N) is 1. The third-order valence-electron chi connectivity index (χ3n) is 3.27. The number of nitrogens with zero attached hydrogens (tertiary/aromatic N) is 3. The van der Waals surface area contributed by atoms with E-state index in [2.05, 4.69) is 15.3 Å². The molecule has 2 aromatic heterocycles. The Morgan fingerprint density at radius 3 is 2.62 bits per heavy atom. The molecular weight excluding hydrogens is 325 g/mol. The van der Waals surface area contributed by atoms with E-state index in [0.717, 1.165) is 4.68 Å². The van der Waals surface area contributed by atoms with Crippen LogP contribution in [0.5, 0.6) is 0 Å². The van der Waals surface area contributed by atoms with Crippen LogP contribution < -0.4 is 0 Å². The van der Waals surface area contributed by atoms with Gasteiger partial charge in [0.1, 0.15) is 12.2 Å². The van der Waals surface area contributed by atoms with E-state index < -0.39 is 18.7 Å². The first-order chi connectivity index (χ1) is 11.3. The maximum atomic E-state index is 12.4. The molecule has 0 aliphatic heterocycles. The number of carboxylic acid groups (broad SMARTS) is 1. The number of alkyl halides is 3. The second kappa shape index (κ2) is 5.84. The zero-order valence-corrected chi connectivity index (χ0v) is 12.1. The summed E-state index contributed by atoms with van der Waals surface area (Å²) in [7, 11) is 0. The molecule has 0 unspecified atom stereocenters. The molecule has 124 valence electrons. The van der Waals surface area contributed by atoms with Crippen molar-refractivity contribution in [2.75, 3.05) is 0 Å². The van der Waals surface area contributed by atoms with Crippen LogP contribution in [0.3, 0.4) is 0 Å². The number of rotatable bonds is 4. The van der Waals surface area contributed by atoms with Crippen LogP contribution in [0.4, 0.5) is 13.2 Å². The number of H-pyrrole nitrogens is 1. The summed E-state index contributed by atoms with van der Waals surface area (Å²) in [4.78, 5) is 10.9. The van der Waals surface area contributed by atoms with E-state index in [1.54, 1.807) is 24.3 Å². The standard InChI is InChI=1S/C15H11F3N4O2/c16-15(17,18)8-22-7-11(6-19-22)9-2-1-3-10(4-9)12-5-13(14(23)24)21-20-12/h1-7H,8H2,(H,20,21)(H,23,24). The SMILES string of the molecule is O=C(O)c1cc(-c2cccc(-c3cnn(CC(F)(F)F)c3)c2)n[nH]1. The van der Waals surface area contributed by atoms with Crippen molar-refractivity contribution in [2.24, 2.45) is 0 Å². The normalized spacial score (nSPS) is 11.6. The fraction of sp³-hybridized carbons (Fsp3) is 0.133. The lowest BCUT2D eigenvalue weighted by molar-refractivity contribution is -0.142. The van der Waals surface area contributed by atoms with Crippen molar-refractivity contribution >= 4 is 5.97 Å². The molecule has 2 heterocycles. The highest BCUT2D eigenvalue weighted by atomic mass is 19.4. The van der Waals surface area contributed by atoms with Gasteiger partial charge in [-0.15, -0.1) is 0 Å². The third-order valence-corrected chi connectivity index (χ3v) is 3.27. The van der Waals surface area contributed by atoms with Crippen LogP contribution in [-0.2, 0) is 6.54 Å². The Bertz CT molecular complexity index is 883. The van der Waals surface area contributed by atoms with Crippen molar-refractivity contribution < 1.29 is 23.1 Å². The molecule has 3 rings (SSSR count). The molecule has 0 spiro atoms. The highest BCUT2D eigenvalue weighted by molar-refractivity contribution is 5.87. The first-order valence-electron chi connectivity index (χ1n) is 6.80. The average molecular weight is 336 g/mol. The number of halogens is 3. The van der Waals surface area contributed by atoms with Crippen LogP contribution >= 0.6 is 0 Å². The molecule has 2 N–H and O–H groups in total. The number of hydrogen-bond acceptors (Lipinski definition) is 3. The Balaban J connectivity index is 1.89. The van der Waals surface area contributed by atoms with E-state index >= 15 is 0 Å². The zero-order chi connectivity index (χ0) is 17.3. The summed E-state index contributed by atoms with van der Waals surface area (Å²) in [5.74, 6) is -1.13. The molecule has 0 saturated carbocycles. The van der Waals surface area contributed by atoms with Crippen LogP contribution in [0, 0.1) is 0 Å². The van der Waals surface area contributed by atoms with Crippen molar-refractivity contribution in [1.29, 1.82) is 0 Å². The van der Waals surface area contributed by atoms with Gasteiger partial charge in [-0.25, -0.2) is 4.79 Å². The molecule has 0 bridgehead atoms. The maximum absolute atomic E-state index is 12.4. The molecular formula is C15H11F3N4O2. The summed E-state index contributed by atoms with van der Waals surface area (Å²) in [5.41, 5.74) is 2.20. The van der Waals surface area contributed by atoms with E-state index in [4.69, 9.17) is 5.11 Å². The van der Waals surface area contributed by atoms with E-state index in [-0.39, 0.29) is 5.69 Å². The van der Waals surface area contributed by atoms with Gasteiger partial charge in [-0.05, 0) is 17.7 Å². The van der Waals surface area contributed by atoms with Crippen molar-refractivity contribution in [2.45, 2.75) is 12.7 Å². The number of aromatic nitrogens is 4. The quantitative estimate of drug-likeness (QED) is 0.766. The molecule has 6 nitrogen and oxygen atoms in total. The lowest BCUT2D eigenvalue weighted by Gasteiger charge is -2.05. The zero-order valence-electron chi connectivity index (χ0n) is 12.1. The number of benzene rings is 1. The predicted octanol–water partition coefficient (Wildman–Crippen LogP) is 3.20. The first-order valence-corrected chi connectivity index (χ1v) is 6.80. The molecule has 3 aromatic rings. The molecule has 0 fully saturated rings. The minimum Gasteiger partial charge on any atom is -0.477 e.